The second-order valence-corrected chi connectivity index (χ2v) is 5.28. The molecule has 3 N–H and O–H groups in total. The van der Waals surface area contributed by atoms with Gasteiger partial charge in [-0.15, -0.1) is 0 Å². The summed E-state index contributed by atoms with van der Waals surface area (Å²) in [6.07, 6.45) is 2.00. The summed E-state index contributed by atoms with van der Waals surface area (Å²) >= 11 is 0. The minimum Gasteiger partial charge on any atom is -0.325 e. The summed E-state index contributed by atoms with van der Waals surface area (Å²) in [5.74, 6) is 1.78. The molecule has 3 rings (SSSR count). The second-order valence-electron chi connectivity index (χ2n) is 5.28. The molecule has 0 aliphatic rings. The van der Waals surface area contributed by atoms with E-state index in [-0.39, 0.29) is 0 Å². The first kappa shape index (κ1) is 12.7. The van der Waals surface area contributed by atoms with Crippen LogP contribution in [0.15, 0.2) is 24.4 Å². The Labute approximate surface area is 118 Å². The van der Waals surface area contributed by atoms with Crippen molar-refractivity contribution >= 4 is 22.5 Å². The summed E-state index contributed by atoms with van der Waals surface area (Å²) in [7, 11) is 0. The van der Waals surface area contributed by atoms with Crippen LogP contribution >= 0.6 is 0 Å². The number of hydrogen-bond donors (Lipinski definition) is 2. The Morgan fingerprint density at radius 3 is 2.45 bits per heavy atom. The summed E-state index contributed by atoms with van der Waals surface area (Å²) < 4.78 is 0. The molecule has 0 saturated carbocycles. The summed E-state index contributed by atoms with van der Waals surface area (Å²) in [6, 6.07) is 6.29. The van der Waals surface area contributed by atoms with Crippen LogP contribution in [0.2, 0.25) is 0 Å². The van der Waals surface area contributed by atoms with E-state index in [1.54, 1.807) is 0 Å². The molecule has 3 aromatic rings. The van der Waals surface area contributed by atoms with Gasteiger partial charge in [0.2, 0.25) is 17.3 Å². The van der Waals surface area contributed by atoms with Crippen molar-refractivity contribution in [1.82, 2.24) is 9.97 Å². The summed E-state index contributed by atoms with van der Waals surface area (Å²) in [4.78, 5) is 11.1. The number of rotatable bonds is 2. The summed E-state index contributed by atoms with van der Waals surface area (Å²) in [5.41, 5.74) is 5.76. The van der Waals surface area contributed by atoms with E-state index in [1.807, 2.05) is 13.1 Å². The molecule has 0 atom stereocenters. The lowest BCUT2D eigenvalue weighted by atomic mass is 10.1. The van der Waals surface area contributed by atoms with Gasteiger partial charge in [-0.2, -0.15) is 0 Å². The van der Waals surface area contributed by atoms with E-state index in [1.165, 1.54) is 16.7 Å². The number of aryl methyl sites for hydroxylation is 4. The number of para-hydroxylation sites is 1. The number of benzene rings is 1. The Hall–Kier alpha value is -2.36. The molecular weight excluding hydrogens is 248 g/mol. The number of fused-ring (bicyclic) bond motifs is 1. The van der Waals surface area contributed by atoms with Gasteiger partial charge in [-0.25, -0.2) is 4.98 Å². The van der Waals surface area contributed by atoms with E-state index in [0.717, 1.165) is 28.4 Å². The maximum Gasteiger partial charge on any atom is 0.236 e. The molecule has 102 valence electrons. The summed E-state index contributed by atoms with van der Waals surface area (Å²) in [6.45, 7) is 8.27. The zero-order valence-corrected chi connectivity index (χ0v) is 12.3. The van der Waals surface area contributed by atoms with Crippen LogP contribution in [-0.2, 0) is 0 Å². The van der Waals surface area contributed by atoms with Crippen LogP contribution in [0.25, 0.3) is 11.0 Å². The van der Waals surface area contributed by atoms with Crippen molar-refractivity contribution < 1.29 is 4.98 Å². The highest BCUT2D eigenvalue weighted by molar-refractivity contribution is 5.90. The number of nitrogens with one attached hydrogen (secondary N) is 3. The molecular formula is C16H19N4+. The van der Waals surface area contributed by atoms with E-state index in [2.05, 4.69) is 59.2 Å². The predicted octanol–water partition coefficient (Wildman–Crippen LogP) is 3.35. The third-order valence-corrected chi connectivity index (χ3v) is 3.62. The van der Waals surface area contributed by atoms with Gasteiger partial charge >= 0.3 is 0 Å². The van der Waals surface area contributed by atoms with Gasteiger partial charge in [-0.05, 0) is 37.5 Å². The van der Waals surface area contributed by atoms with Gasteiger partial charge in [0.15, 0.2) is 0 Å². The predicted molar refractivity (Wildman–Crippen MR) is 81.3 cm³/mol. The van der Waals surface area contributed by atoms with Gasteiger partial charge in [0.05, 0.1) is 6.20 Å². The van der Waals surface area contributed by atoms with Crippen molar-refractivity contribution in [2.75, 3.05) is 5.32 Å². The largest absolute Gasteiger partial charge is 0.325 e. The Kier molecular flexibility index (Phi) is 2.93. The first-order chi connectivity index (χ1) is 9.56. The molecule has 0 aliphatic carbocycles. The highest BCUT2D eigenvalue weighted by Gasteiger charge is 2.16. The number of aromatic nitrogens is 3. The fraction of sp³-hybridized carbons (Fsp3) is 0.250. The number of hydrogen-bond acceptors (Lipinski definition) is 2. The van der Waals surface area contributed by atoms with Crippen molar-refractivity contribution in [1.29, 1.82) is 0 Å². The lowest BCUT2D eigenvalue weighted by Gasteiger charge is -2.11. The number of aromatic amines is 2. The number of anilines is 2. The maximum atomic E-state index is 4.63. The van der Waals surface area contributed by atoms with Gasteiger partial charge in [0.1, 0.15) is 5.39 Å². The smallest absolute Gasteiger partial charge is 0.236 e. The average molecular weight is 267 g/mol. The number of nitrogens with zero attached hydrogens (tertiary/aromatic N) is 1. The standard InChI is InChI=1S/C16H18N4/c1-9-6-5-7-10(2)14(9)20-16-13-11(3)8-17-15(13)18-12(4)19-16/h5-8H,1-4H3,(H2,17,18,19,20)/p+1. The maximum absolute atomic E-state index is 4.63. The molecule has 1 aromatic carbocycles. The molecule has 4 heteroatoms. The van der Waals surface area contributed by atoms with Crippen LogP contribution in [0.5, 0.6) is 0 Å². The second kappa shape index (κ2) is 4.63. The van der Waals surface area contributed by atoms with Crippen LogP contribution in [0.1, 0.15) is 22.5 Å². The minimum atomic E-state index is 0.882. The lowest BCUT2D eigenvalue weighted by Crippen LogP contribution is -2.13. The summed E-state index contributed by atoms with van der Waals surface area (Å²) in [5, 5.41) is 4.61. The van der Waals surface area contributed by atoms with Gasteiger partial charge in [0, 0.05) is 12.6 Å². The van der Waals surface area contributed by atoms with Crippen molar-refractivity contribution in [2.24, 2.45) is 0 Å². The van der Waals surface area contributed by atoms with Gasteiger partial charge in [-0.1, -0.05) is 23.2 Å². The third kappa shape index (κ3) is 2.03. The average Bonchev–Trinajstić information content (AvgIpc) is 2.75. The van der Waals surface area contributed by atoms with Crippen LogP contribution < -0.4 is 10.3 Å². The Morgan fingerprint density at radius 1 is 1.05 bits per heavy atom. The topological polar surface area (TPSA) is 54.9 Å². The molecule has 2 aromatic heterocycles. The molecule has 4 nitrogen and oxygen atoms in total. The van der Waals surface area contributed by atoms with Gasteiger partial charge < -0.3 is 5.32 Å². The monoisotopic (exact) mass is 267 g/mol. The fourth-order valence-corrected chi connectivity index (χ4v) is 2.58. The first-order valence-corrected chi connectivity index (χ1v) is 6.77. The third-order valence-electron chi connectivity index (χ3n) is 3.62. The van der Waals surface area contributed by atoms with Crippen molar-refractivity contribution in [3.05, 3.63) is 46.9 Å². The normalized spacial score (nSPS) is 11.0. The van der Waals surface area contributed by atoms with Crippen LogP contribution in [-0.4, -0.2) is 9.97 Å². The van der Waals surface area contributed by atoms with E-state index in [4.69, 9.17) is 0 Å². The molecule has 20 heavy (non-hydrogen) atoms. The SMILES string of the molecule is Cc1nc(Nc2c(C)cccc2C)c2c(C)c[nH]c2[nH+]1. The van der Waals surface area contributed by atoms with Crippen molar-refractivity contribution in [3.63, 3.8) is 0 Å². The zero-order valence-electron chi connectivity index (χ0n) is 12.3. The Balaban J connectivity index is 2.18. The fourth-order valence-electron chi connectivity index (χ4n) is 2.58. The quantitative estimate of drug-likeness (QED) is 0.748. The molecule has 2 heterocycles. The van der Waals surface area contributed by atoms with Crippen LogP contribution in [0.4, 0.5) is 11.5 Å². The van der Waals surface area contributed by atoms with Crippen LogP contribution in [0.3, 0.4) is 0 Å². The van der Waals surface area contributed by atoms with Gasteiger partial charge in [0.25, 0.3) is 0 Å². The molecule has 0 radical (unpaired) electrons. The molecule has 0 spiro atoms. The highest BCUT2D eigenvalue weighted by atomic mass is 15.1. The highest BCUT2D eigenvalue weighted by Crippen LogP contribution is 2.28. The van der Waals surface area contributed by atoms with Crippen LogP contribution in [0, 0.1) is 27.7 Å². The van der Waals surface area contributed by atoms with E-state index in [0.29, 0.717) is 0 Å². The molecule has 0 fully saturated rings. The molecule has 0 bridgehead atoms. The van der Waals surface area contributed by atoms with Crippen molar-refractivity contribution in [2.45, 2.75) is 27.7 Å². The zero-order chi connectivity index (χ0) is 14.3. The van der Waals surface area contributed by atoms with E-state index < -0.39 is 0 Å². The molecule has 0 unspecified atom stereocenters. The van der Waals surface area contributed by atoms with E-state index in [9.17, 15) is 0 Å². The molecule has 0 amide bonds. The van der Waals surface area contributed by atoms with Crippen molar-refractivity contribution in [3.8, 4) is 0 Å². The van der Waals surface area contributed by atoms with E-state index >= 15 is 0 Å². The lowest BCUT2D eigenvalue weighted by molar-refractivity contribution is -0.362. The number of H-pyrrole nitrogens is 2. The van der Waals surface area contributed by atoms with Gasteiger partial charge in [-0.3, -0.25) is 4.98 Å². The minimum absolute atomic E-state index is 0.882. The Bertz CT molecular complexity index is 766. The first-order valence-electron chi connectivity index (χ1n) is 6.77. The molecule has 0 saturated heterocycles. The molecule has 0 aliphatic heterocycles. The Morgan fingerprint density at radius 2 is 1.75 bits per heavy atom.